The Labute approximate surface area is 205 Å². The third-order valence-corrected chi connectivity index (χ3v) is 8.30. The van der Waals surface area contributed by atoms with Crippen LogP contribution in [0, 0.1) is 5.82 Å². The van der Waals surface area contributed by atoms with Crippen molar-refractivity contribution in [1.29, 1.82) is 0 Å². The molecule has 34 heavy (non-hydrogen) atoms. The molecule has 0 aliphatic carbocycles. The largest absolute Gasteiger partial charge is 0.512 e. The molecule has 4 aromatic rings. The molecule has 3 N–H and O–H groups in total. The monoisotopic (exact) mass is 513 g/mol. The van der Waals surface area contributed by atoms with Crippen LogP contribution in [0.1, 0.15) is 0 Å². The summed E-state index contributed by atoms with van der Waals surface area (Å²) in [6.45, 7) is 3.44. The number of hydrogen-bond donors (Lipinski definition) is 3. The Balaban J connectivity index is 1.62. The van der Waals surface area contributed by atoms with Crippen LogP contribution in [0.2, 0.25) is 0 Å². The number of fused-ring (bicyclic) bond motifs is 1. The topological polar surface area (TPSA) is 86.6 Å². The molecular weight excluding hydrogens is 493 g/mol. The summed E-state index contributed by atoms with van der Waals surface area (Å²) in [4.78, 5) is 2.13. The lowest BCUT2D eigenvalue weighted by molar-refractivity contribution is 0.420. The number of rotatable bonds is 8. The number of benzene rings is 4. The van der Waals surface area contributed by atoms with E-state index in [9.17, 15) is 23.0 Å². The van der Waals surface area contributed by atoms with E-state index in [2.05, 4.69) is 11.3 Å². The van der Waals surface area contributed by atoms with E-state index in [-0.39, 0.29) is 28.0 Å². The van der Waals surface area contributed by atoms with Crippen LogP contribution in [0.25, 0.3) is 10.8 Å². The first kappa shape index (κ1) is 24.0. The van der Waals surface area contributed by atoms with Gasteiger partial charge in [-0.3, -0.25) is 4.72 Å². The van der Waals surface area contributed by atoms with Crippen LogP contribution in [0.4, 0.5) is 10.1 Å². The average Bonchev–Trinajstić information content (AvgIpc) is 2.82. The van der Waals surface area contributed by atoms with Crippen molar-refractivity contribution in [3.05, 3.63) is 97.0 Å². The maximum Gasteiger partial charge on any atom is 0.261 e. The van der Waals surface area contributed by atoms with Crippen LogP contribution < -0.4 is 4.72 Å². The molecule has 0 saturated carbocycles. The van der Waals surface area contributed by atoms with Crippen LogP contribution in [-0.2, 0) is 10.0 Å². The molecule has 4 aromatic carbocycles. The Hall–Kier alpha value is -3.14. The van der Waals surface area contributed by atoms with Crippen LogP contribution in [-0.4, -0.2) is 24.4 Å². The molecule has 0 aliphatic heterocycles. The molecule has 0 bridgehead atoms. The lowest BCUT2D eigenvalue weighted by Crippen LogP contribution is -2.13. The van der Waals surface area contributed by atoms with Crippen LogP contribution in [0.5, 0.6) is 5.75 Å². The molecule has 0 unspecified atom stereocenters. The molecule has 0 spiro atoms. The first-order valence-electron chi connectivity index (χ1n) is 10.0. The van der Waals surface area contributed by atoms with Gasteiger partial charge in [-0.2, -0.15) is 0 Å². The second kappa shape index (κ2) is 10.0. The molecule has 4 rings (SSSR count). The number of sulfonamides is 1. The molecule has 174 valence electrons. The Morgan fingerprint density at radius 2 is 1.53 bits per heavy atom. The second-order valence-corrected chi connectivity index (χ2v) is 11.2. The molecule has 0 fully saturated rings. The fraction of sp³-hybridized carbons (Fsp3) is 0.0400. The number of aliphatic hydroxyl groups excluding tert-OH is 1. The van der Waals surface area contributed by atoms with Gasteiger partial charge in [0.15, 0.2) is 0 Å². The molecule has 0 amide bonds. The van der Waals surface area contributed by atoms with E-state index in [1.807, 2.05) is 0 Å². The third kappa shape index (κ3) is 5.49. The van der Waals surface area contributed by atoms with Crippen molar-refractivity contribution in [3.63, 3.8) is 0 Å². The van der Waals surface area contributed by atoms with Crippen LogP contribution in [0.3, 0.4) is 0 Å². The number of thioether (sulfide) groups is 1. The van der Waals surface area contributed by atoms with E-state index in [0.717, 1.165) is 21.6 Å². The van der Waals surface area contributed by atoms with Crippen molar-refractivity contribution in [3.8, 4) is 5.75 Å². The maximum atomic E-state index is 13.1. The Kier molecular flexibility index (Phi) is 7.06. The molecule has 9 heteroatoms. The molecular formula is C25H20FNO4S3. The van der Waals surface area contributed by atoms with E-state index >= 15 is 0 Å². The highest BCUT2D eigenvalue weighted by Gasteiger charge is 2.19. The molecule has 0 atom stereocenters. The summed E-state index contributed by atoms with van der Waals surface area (Å²) >= 11 is 2.54. The lowest BCUT2D eigenvalue weighted by Gasteiger charge is -2.15. The fourth-order valence-corrected chi connectivity index (χ4v) is 5.88. The van der Waals surface area contributed by atoms with Crippen molar-refractivity contribution in [2.75, 3.05) is 10.5 Å². The van der Waals surface area contributed by atoms with E-state index < -0.39 is 10.0 Å². The van der Waals surface area contributed by atoms with Gasteiger partial charge in [0, 0.05) is 20.6 Å². The molecule has 0 heterocycles. The van der Waals surface area contributed by atoms with Gasteiger partial charge >= 0.3 is 0 Å². The summed E-state index contributed by atoms with van der Waals surface area (Å²) in [5.74, 6) is -0.211. The summed E-state index contributed by atoms with van der Waals surface area (Å²) in [5.41, 5.74) is 0.309. The first-order valence-corrected chi connectivity index (χ1v) is 13.3. The van der Waals surface area contributed by atoms with Gasteiger partial charge in [0.05, 0.1) is 27.0 Å². The summed E-state index contributed by atoms with van der Waals surface area (Å²) in [6, 6.07) is 20.9. The smallest absolute Gasteiger partial charge is 0.261 e. The number of hydrogen-bond acceptors (Lipinski definition) is 6. The lowest BCUT2D eigenvalue weighted by atomic mass is 10.1. The van der Waals surface area contributed by atoms with Crippen molar-refractivity contribution in [1.82, 2.24) is 0 Å². The predicted molar refractivity (Wildman–Crippen MR) is 136 cm³/mol. The van der Waals surface area contributed by atoms with E-state index in [4.69, 9.17) is 0 Å². The van der Waals surface area contributed by atoms with Gasteiger partial charge in [0.1, 0.15) is 11.6 Å². The predicted octanol–water partition coefficient (Wildman–Crippen LogP) is 6.80. The van der Waals surface area contributed by atoms with Gasteiger partial charge in [-0.1, -0.05) is 42.6 Å². The van der Waals surface area contributed by atoms with Crippen molar-refractivity contribution in [2.24, 2.45) is 0 Å². The maximum absolute atomic E-state index is 13.1. The van der Waals surface area contributed by atoms with Crippen LogP contribution in [0.15, 0.2) is 111 Å². The summed E-state index contributed by atoms with van der Waals surface area (Å²) in [7, 11) is -3.93. The zero-order chi connectivity index (χ0) is 24.3. The summed E-state index contributed by atoms with van der Waals surface area (Å²) in [5, 5.41) is 21.1. The fourth-order valence-electron chi connectivity index (χ4n) is 3.22. The minimum absolute atomic E-state index is 0.00645. The number of halogens is 1. The summed E-state index contributed by atoms with van der Waals surface area (Å²) in [6.07, 6.45) is 0. The number of nitrogens with one attached hydrogen (secondary N) is 1. The SMILES string of the molecule is C=C(O)CSc1cc(NS(=O)(=O)c2ccc(Sc3ccc(F)cc3)cc2)c2ccccc2c1O. The van der Waals surface area contributed by atoms with Gasteiger partial charge in [0.25, 0.3) is 10.0 Å². The van der Waals surface area contributed by atoms with Crippen molar-refractivity contribution >= 4 is 50.0 Å². The number of phenols is 1. The molecule has 0 saturated heterocycles. The first-order chi connectivity index (χ1) is 16.2. The third-order valence-electron chi connectivity index (χ3n) is 4.80. The zero-order valence-corrected chi connectivity index (χ0v) is 20.2. The Morgan fingerprint density at radius 3 is 2.15 bits per heavy atom. The standard InChI is InChI=1S/C25H20FNO4S3/c1-16(28)15-32-24-14-23(21-4-2-3-5-22(21)25(24)29)27-34(30,31)20-12-10-19(11-13-20)33-18-8-6-17(26)7-9-18/h2-14,27-29H,1,15H2. The highest BCUT2D eigenvalue weighted by atomic mass is 32.2. The van der Waals surface area contributed by atoms with Gasteiger partial charge in [-0.25, -0.2) is 12.8 Å². The molecule has 0 radical (unpaired) electrons. The molecule has 0 aliphatic rings. The number of phenolic OH excluding ortho intramolecular Hbond substituents is 1. The second-order valence-electron chi connectivity index (χ2n) is 7.30. The molecule has 0 aromatic heterocycles. The number of anilines is 1. The average molecular weight is 514 g/mol. The van der Waals surface area contributed by atoms with E-state index in [1.165, 1.54) is 36.0 Å². The van der Waals surface area contributed by atoms with Crippen molar-refractivity contribution < 1.29 is 23.0 Å². The van der Waals surface area contributed by atoms with Crippen LogP contribution >= 0.6 is 23.5 Å². The molecule has 5 nitrogen and oxygen atoms in total. The minimum atomic E-state index is -3.93. The highest BCUT2D eigenvalue weighted by molar-refractivity contribution is 7.99. The van der Waals surface area contributed by atoms with Crippen molar-refractivity contribution in [2.45, 2.75) is 19.6 Å². The van der Waals surface area contributed by atoms with Gasteiger partial charge < -0.3 is 10.2 Å². The van der Waals surface area contributed by atoms with E-state index in [1.54, 1.807) is 54.6 Å². The van der Waals surface area contributed by atoms with E-state index in [0.29, 0.717) is 21.4 Å². The van der Waals surface area contributed by atoms with Gasteiger partial charge in [-0.15, -0.1) is 11.8 Å². The van der Waals surface area contributed by atoms with Gasteiger partial charge in [0.2, 0.25) is 0 Å². The zero-order valence-electron chi connectivity index (χ0n) is 17.7. The Morgan fingerprint density at radius 1 is 0.941 bits per heavy atom. The number of aliphatic hydroxyl groups is 1. The quantitative estimate of drug-likeness (QED) is 0.136. The normalized spacial score (nSPS) is 11.4. The summed E-state index contributed by atoms with van der Waals surface area (Å²) < 4.78 is 42.0. The minimum Gasteiger partial charge on any atom is -0.512 e. The Bertz CT molecular complexity index is 1450. The highest BCUT2D eigenvalue weighted by Crippen LogP contribution is 2.41. The van der Waals surface area contributed by atoms with Gasteiger partial charge in [-0.05, 0) is 54.6 Å². The number of aromatic hydroxyl groups is 1.